The van der Waals surface area contributed by atoms with Crippen molar-refractivity contribution in [1.82, 2.24) is 15.1 Å². The maximum absolute atomic E-state index is 12.1. The van der Waals surface area contributed by atoms with Crippen LogP contribution in [0.4, 0.5) is 0 Å². The molecule has 1 aromatic heterocycles. The van der Waals surface area contributed by atoms with Gasteiger partial charge in [0, 0.05) is 17.6 Å². The van der Waals surface area contributed by atoms with Gasteiger partial charge in [-0.15, -0.1) is 0 Å². The van der Waals surface area contributed by atoms with Gasteiger partial charge in [-0.05, 0) is 43.0 Å². The van der Waals surface area contributed by atoms with Crippen LogP contribution in [0, 0.1) is 0 Å². The Kier molecular flexibility index (Phi) is 4.68. The van der Waals surface area contributed by atoms with E-state index in [0.717, 1.165) is 30.5 Å². The summed E-state index contributed by atoms with van der Waals surface area (Å²) in [6, 6.07) is 6.35. The van der Waals surface area contributed by atoms with Gasteiger partial charge in [-0.2, -0.15) is 5.10 Å². The minimum absolute atomic E-state index is 0.138. The first kappa shape index (κ1) is 16.0. The number of carbonyl (C=O) groups excluding carboxylic acids is 1. The molecule has 0 aliphatic heterocycles. The summed E-state index contributed by atoms with van der Waals surface area (Å²) >= 11 is 11.9. The monoisotopic (exact) mass is 351 g/mol. The minimum Gasteiger partial charge on any atom is -0.350 e. The molecular formula is C16H15Cl2N3O2. The second-order valence-corrected chi connectivity index (χ2v) is 6.25. The number of rotatable bonds is 4. The van der Waals surface area contributed by atoms with Gasteiger partial charge >= 0.3 is 0 Å². The fourth-order valence-corrected chi connectivity index (χ4v) is 3.02. The highest BCUT2D eigenvalue weighted by Crippen LogP contribution is 2.20. The van der Waals surface area contributed by atoms with Gasteiger partial charge in [0.05, 0.1) is 22.8 Å². The molecule has 1 aliphatic carbocycles. The van der Waals surface area contributed by atoms with Gasteiger partial charge in [0.2, 0.25) is 0 Å². The first-order valence-electron chi connectivity index (χ1n) is 7.38. The molecule has 3 rings (SSSR count). The Balaban J connectivity index is 1.65. The molecule has 0 radical (unpaired) electrons. The SMILES string of the molecule is O=C(NCCn1nc2c(cc1=O)CCC2)c1cc(Cl)ccc1Cl. The van der Waals surface area contributed by atoms with Crippen molar-refractivity contribution in [1.29, 1.82) is 0 Å². The van der Waals surface area contributed by atoms with Gasteiger partial charge in [0.15, 0.2) is 0 Å². The third-order valence-corrected chi connectivity index (χ3v) is 4.37. The number of hydrogen-bond donors (Lipinski definition) is 1. The number of halogens is 2. The van der Waals surface area contributed by atoms with Gasteiger partial charge in [-0.3, -0.25) is 9.59 Å². The second-order valence-electron chi connectivity index (χ2n) is 5.41. The first-order valence-corrected chi connectivity index (χ1v) is 8.13. The number of aryl methyl sites for hydroxylation is 2. The standard InChI is InChI=1S/C16H15Cl2N3O2/c17-11-4-5-13(18)12(9-11)16(23)19-6-7-21-15(22)8-10-2-1-3-14(10)20-21/h4-5,8-9H,1-3,6-7H2,(H,19,23). The van der Waals surface area contributed by atoms with Crippen molar-refractivity contribution in [2.24, 2.45) is 0 Å². The fourth-order valence-electron chi connectivity index (χ4n) is 2.64. The Bertz CT molecular complexity index is 817. The molecule has 0 atom stereocenters. The zero-order valence-electron chi connectivity index (χ0n) is 12.3. The predicted octanol–water partition coefficient (Wildman–Crippen LogP) is 2.47. The quantitative estimate of drug-likeness (QED) is 0.920. The van der Waals surface area contributed by atoms with E-state index < -0.39 is 0 Å². The highest BCUT2D eigenvalue weighted by atomic mass is 35.5. The van der Waals surface area contributed by atoms with E-state index in [1.165, 1.54) is 10.7 Å². The largest absolute Gasteiger partial charge is 0.350 e. The summed E-state index contributed by atoms with van der Waals surface area (Å²) in [5.41, 5.74) is 2.20. The van der Waals surface area contributed by atoms with Crippen LogP contribution in [0.3, 0.4) is 0 Å². The Hall–Kier alpha value is -1.85. The van der Waals surface area contributed by atoms with Gasteiger partial charge in [0.25, 0.3) is 11.5 Å². The molecular weight excluding hydrogens is 337 g/mol. The molecule has 1 aliphatic rings. The Morgan fingerprint density at radius 3 is 2.91 bits per heavy atom. The zero-order chi connectivity index (χ0) is 16.4. The van der Waals surface area contributed by atoms with Crippen LogP contribution in [-0.4, -0.2) is 22.2 Å². The van der Waals surface area contributed by atoms with E-state index in [9.17, 15) is 9.59 Å². The van der Waals surface area contributed by atoms with Crippen molar-refractivity contribution in [2.45, 2.75) is 25.8 Å². The molecule has 5 nitrogen and oxygen atoms in total. The van der Waals surface area contributed by atoms with Crippen LogP contribution in [0.1, 0.15) is 28.0 Å². The number of nitrogens with one attached hydrogen (secondary N) is 1. The fraction of sp³-hybridized carbons (Fsp3) is 0.312. The summed E-state index contributed by atoms with van der Waals surface area (Å²) in [6.07, 6.45) is 2.86. The summed E-state index contributed by atoms with van der Waals surface area (Å²) in [7, 11) is 0. The Morgan fingerprint density at radius 2 is 2.09 bits per heavy atom. The van der Waals surface area contributed by atoms with Crippen molar-refractivity contribution in [3.63, 3.8) is 0 Å². The molecule has 120 valence electrons. The molecule has 1 aromatic carbocycles. The van der Waals surface area contributed by atoms with E-state index >= 15 is 0 Å². The van der Waals surface area contributed by atoms with E-state index in [4.69, 9.17) is 23.2 Å². The molecule has 0 fully saturated rings. The normalized spacial score (nSPS) is 13.0. The molecule has 0 spiro atoms. The van der Waals surface area contributed by atoms with Crippen LogP contribution in [-0.2, 0) is 19.4 Å². The summed E-state index contributed by atoms with van der Waals surface area (Å²) in [4.78, 5) is 24.1. The Labute approximate surface area is 143 Å². The maximum Gasteiger partial charge on any atom is 0.267 e. The van der Waals surface area contributed by atoms with E-state index in [1.807, 2.05) is 0 Å². The molecule has 23 heavy (non-hydrogen) atoms. The van der Waals surface area contributed by atoms with Crippen molar-refractivity contribution in [3.8, 4) is 0 Å². The minimum atomic E-state index is -0.327. The third kappa shape index (κ3) is 3.57. The highest BCUT2D eigenvalue weighted by Gasteiger charge is 2.15. The van der Waals surface area contributed by atoms with Gasteiger partial charge in [0.1, 0.15) is 0 Å². The molecule has 0 bridgehead atoms. The van der Waals surface area contributed by atoms with Crippen molar-refractivity contribution >= 4 is 29.1 Å². The summed E-state index contributed by atoms with van der Waals surface area (Å²) in [6.45, 7) is 0.601. The van der Waals surface area contributed by atoms with Crippen LogP contribution in [0.25, 0.3) is 0 Å². The van der Waals surface area contributed by atoms with Crippen LogP contribution in [0.5, 0.6) is 0 Å². The molecule has 7 heteroatoms. The van der Waals surface area contributed by atoms with Gasteiger partial charge in [-0.1, -0.05) is 23.2 Å². The van der Waals surface area contributed by atoms with Crippen LogP contribution >= 0.6 is 23.2 Å². The lowest BCUT2D eigenvalue weighted by atomic mass is 10.2. The van der Waals surface area contributed by atoms with Crippen LogP contribution < -0.4 is 10.9 Å². The molecule has 1 heterocycles. The van der Waals surface area contributed by atoms with E-state index in [2.05, 4.69) is 10.4 Å². The lowest BCUT2D eigenvalue weighted by molar-refractivity contribution is 0.0952. The molecule has 2 aromatic rings. The zero-order valence-corrected chi connectivity index (χ0v) is 13.8. The number of carbonyl (C=O) groups is 1. The molecule has 0 saturated carbocycles. The van der Waals surface area contributed by atoms with Crippen LogP contribution in [0.2, 0.25) is 10.0 Å². The van der Waals surface area contributed by atoms with Crippen molar-refractivity contribution in [2.75, 3.05) is 6.54 Å². The summed E-state index contributed by atoms with van der Waals surface area (Å²) < 4.78 is 1.39. The number of hydrogen-bond acceptors (Lipinski definition) is 3. The van der Waals surface area contributed by atoms with E-state index in [-0.39, 0.29) is 18.0 Å². The van der Waals surface area contributed by atoms with E-state index in [0.29, 0.717) is 22.2 Å². The molecule has 1 amide bonds. The van der Waals surface area contributed by atoms with E-state index in [1.54, 1.807) is 18.2 Å². The van der Waals surface area contributed by atoms with Crippen LogP contribution in [0.15, 0.2) is 29.1 Å². The lowest BCUT2D eigenvalue weighted by Gasteiger charge is -2.09. The van der Waals surface area contributed by atoms with Crippen molar-refractivity contribution in [3.05, 3.63) is 61.5 Å². The number of fused-ring (bicyclic) bond motifs is 1. The first-order chi connectivity index (χ1) is 11.0. The average molecular weight is 352 g/mol. The maximum atomic E-state index is 12.1. The number of nitrogens with zero attached hydrogens (tertiary/aromatic N) is 2. The highest BCUT2D eigenvalue weighted by molar-refractivity contribution is 6.35. The third-order valence-electron chi connectivity index (χ3n) is 3.81. The lowest BCUT2D eigenvalue weighted by Crippen LogP contribution is -2.32. The average Bonchev–Trinajstić information content (AvgIpc) is 2.96. The number of benzene rings is 1. The molecule has 1 N–H and O–H groups in total. The summed E-state index contributed by atoms with van der Waals surface area (Å²) in [5.74, 6) is -0.327. The predicted molar refractivity (Wildman–Crippen MR) is 89.3 cm³/mol. The van der Waals surface area contributed by atoms with Gasteiger partial charge < -0.3 is 5.32 Å². The second kappa shape index (κ2) is 6.72. The molecule has 0 unspecified atom stereocenters. The topological polar surface area (TPSA) is 64.0 Å². The number of amides is 1. The summed E-state index contributed by atoms with van der Waals surface area (Å²) in [5, 5.41) is 7.86. The van der Waals surface area contributed by atoms with Gasteiger partial charge in [-0.25, -0.2) is 4.68 Å². The molecule has 0 saturated heterocycles. The van der Waals surface area contributed by atoms with Crippen molar-refractivity contribution < 1.29 is 4.79 Å². The smallest absolute Gasteiger partial charge is 0.267 e. The Morgan fingerprint density at radius 1 is 1.26 bits per heavy atom. The number of aromatic nitrogens is 2.